The smallest absolute Gasteiger partial charge is 0.272 e. The Balaban J connectivity index is 1.96. The minimum absolute atomic E-state index is 0.148. The molecule has 0 fully saturated rings. The summed E-state index contributed by atoms with van der Waals surface area (Å²) in [5.41, 5.74) is 2.01. The molecule has 0 aliphatic heterocycles. The molecule has 98 valence electrons. The lowest BCUT2D eigenvalue weighted by Gasteiger charge is -2.06. The average Bonchev–Trinajstić information content (AvgIpc) is 2.41. The van der Waals surface area contributed by atoms with Gasteiger partial charge in [-0.1, -0.05) is 35.9 Å². The second kappa shape index (κ2) is 6.00. The molecule has 0 N–H and O–H groups in total. The van der Waals surface area contributed by atoms with Crippen molar-refractivity contribution in [3.05, 3.63) is 69.8 Å². The fourth-order valence-corrected chi connectivity index (χ4v) is 1.81. The van der Waals surface area contributed by atoms with Crippen LogP contribution in [-0.2, 0) is 6.42 Å². The van der Waals surface area contributed by atoms with Gasteiger partial charge in [0.15, 0.2) is 0 Å². The van der Waals surface area contributed by atoms with Gasteiger partial charge in [-0.2, -0.15) is 0 Å². The molecule has 2 aromatic carbocycles. The Bertz CT molecular complexity index is 564. The van der Waals surface area contributed by atoms with E-state index in [9.17, 15) is 10.1 Å². The van der Waals surface area contributed by atoms with Crippen LogP contribution in [0.25, 0.3) is 0 Å². The maximum atomic E-state index is 10.9. The van der Waals surface area contributed by atoms with Crippen LogP contribution in [0.3, 0.4) is 0 Å². The van der Waals surface area contributed by atoms with E-state index in [1.165, 1.54) is 11.6 Å². The van der Waals surface area contributed by atoms with E-state index in [0.29, 0.717) is 18.6 Å². The summed E-state index contributed by atoms with van der Waals surface area (Å²) >= 11 is 0. The highest BCUT2D eigenvalue weighted by atomic mass is 16.6. The molecule has 0 aliphatic carbocycles. The quantitative estimate of drug-likeness (QED) is 0.608. The minimum atomic E-state index is -0.360. The number of para-hydroxylation sites is 1. The third-order valence-electron chi connectivity index (χ3n) is 2.85. The molecule has 0 aromatic heterocycles. The van der Waals surface area contributed by atoms with Gasteiger partial charge in [0.1, 0.15) is 5.75 Å². The Labute approximate surface area is 111 Å². The first-order chi connectivity index (χ1) is 9.16. The van der Waals surface area contributed by atoms with Crippen LogP contribution in [0.5, 0.6) is 5.75 Å². The van der Waals surface area contributed by atoms with Gasteiger partial charge in [-0.25, -0.2) is 0 Å². The van der Waals surface area contributed by atoms with E-state index in [2.05, 4.69) is 0 Å². The van der Waals surface area contributed by atoms with Gasteiger partial charge in [0.25, 0.3) is 5.69 Å². The third kappa shape index (κ3) is 3.55. The largest absolute Gasteiger partial charge is 0.493 e. The van der Waals surface area contributed by atoms with Crippen LogP contribution >= 0.6 is 0 Å². The fraction of sp³-hybridized carbons (Fsp3) is 0.200. The lowest BCUT2D eigenvalue weighted by molar-refractivity contribution is -0.385. The highest BCUT2D eigenvalue weighted by Gasteiger charge is 2.11. The summed E-state index contributed by atoms with van der Waals surface area (Å²) in [4.78, 5) is 10.5. The molecule has 0 aliphatic rings. The first kappa shape index (κ1) is 13.1. The SMILES string of the molecule is Cc1ccc(OCCc2ccccc2[N+](=O)[O-])cc1. The zero-order chi connectivity index (χ0) is 13.7. The van der Waals surface area contributed by atoms with E-state index in [1.54, 1.807) is 18.2 Å². The molecule has 0 unspecified atom stereocenters. The molecule has 0 atom stereocenters. The summed E-state index contributed by atoms with van der Waals surface area (Å²) in [5, 5.41) is 10.9. The lowest BCUT2D eigenvalue weighted by atomic mass is 10.1. The maximum Gasteiger partial charge on any atom is 0.272 e. The summed E-state index contributed by atoms with van der Waals surface area (Å²) in [6.45, 7) is 2.44. The first-order valence-electron chi connectivity index (χ1n) is 6.08. The highest BCUT2D eigenvalue weighted by molar-refractivity contribution is 5.39. The zero-order valence-corrected chi connectivity index (χ0v) is 10.7. The number of nitrogens with zero attached hydrogens (tertiary/aromatic N) is 1. The van der Waals surface area contributed by atoms with Crippen LogP contribution in [0.4, 0.5) is 5.69 Å². The fourth-order valence-electron chi connectivity index (χ4n) is 1.81. The van der Waals surface area contributed by atoms with Gasteiger partial charge >= 0.3 is 0 Å². The molecule has 0 radical (unpaired) electrons. The predicted octanol–water partition coefficient (Wildman–Crippen LogP) is 3.52. The Morgan fingerprint density at radius 1 is 1.11 bits per heavy atom. The van der Waals surface area contributed by atoms with Crippen LogP contribution < -0.4 is 4.74 Å². The van der Waals surface area contributed by atoms with Crippen LogP contribution in [-0.4, -0.2) is 11.5 Å². The number of hydrogen-bond acceptors (Lipinski definition) is 3. The molecule has 2 aromatic rings. The molecule has 2 rings (SSSR count). The number of benzene rings is 2. The van der Waals surface area contributed by atoms with Crippen LogP contribution in [0, 0.1) is 17.0 Å². The zero-order valence-electron chi connectivity index (χ0n) is 10.7. The molecular formula is C15H15NO3. The van der Waals surface area contributed by atoms with Gasteiger partial charge in [0, 0.05) is 18.1 Å². The molecular weight excluding hydrogens is 242 g/mol. The van der Waals surface area contributed by atoms with Crippen LogP contribution in [0.15, 0.2) is 48.5 Å². The normalized spacial score (nSPS) is 10.2. The van der Waals surface area contributed by atoms with Crippen molar-refractivity contribution in [3.8, 4) is 5.75 Å². The number of hydrogen-bond donors (Lipinski definition) is 0. The van der Waals surface area contributed by atoms with Gasteiger partial charge in [0.2, 0.25) is 0 Å². The number of nitro benzene ring substituents is 1. The minimum Gasteiger partial charge on any atom is -0.493 e. The summed E-state index contributed by atoms with van der Waals surface area (Å²) in [6, 6.07) is 14.5. The molecule has 0 heterocycles. The van der Waals surface area contributed by atoms with E-state index in [1.807, 2.05) is 31.2 Å². The highest BCUT2D eigenvalue weighted by Crippen LogP contribution is 2.19. The van der Waals surface area contributed by atoms with Crippen molar-refractivity contribution in [1.29, 1.82) is 0 Å². The second-order valence-corrected chi connectivity index (χ2v) is 4.30. The molecule has 0 amide bonds. The summed E-state index contributed by atoms with van der Waals surface area (Å²) in [6.07, 6.45) is 0.519. The van der Waals surface area contributed by atoms with Crippen molar-refractivity contribution < 1.29 is 9.66 Å². The molecule has 0 bridgehead atoms. The topological polar surface area (TPSA) is 52.4 Å². The van der Waals surface area contributed by atoms with E-state index in [0.717, 1.165) is 5.75 Å². The first-order valence-corrected chi connectivity index (χ1v) is 6.08. The summed E-state index contributed by atoms with van der Waals surface area (Å²) in [5.74, 6) is 0.782. The van der Waals surface area contributed by atoms with Crippen molar-refractivity contribution in [2.24, 2.45) is 0 Å². The van der Waals surface area contributed by atoms with Crippen molar-refractivity contribution in [2.45, 2.75) is 13.3 Å². The number of rotatable bonds is 5. The Morgan fingerprint density at radius 3 is 2.47 bits per heavy atom. The van der Waals surface area contributed by atoms with E-state index in [-0.39, 0.29) is 10.6 Å². The van der Waals surface area contributed by atoms with Crippen LogP contribution in [0.1, 0.15) is 11.1 Å². The predicted molar refractivity (Wildman–Crippen MR) is 73.5 cm³/mol. The van der Waals surface area contributed by atoms with Crippen molar-refractivity contribution >= 4 is 5.69 Å². The molecule has 0 spiro atoms. The number of nitro groups is 1. The lowest BCUT2D eigenvalue weighted by Crippen LogP contribution is -2.03. The Morgan fingerprint density at radius 2 is 1.79 bits per heavy atom. The second-order valence-electron chi connectivity index (χ2n) is 4.30. The molecule has 4 heteroatoms. The van der Waals surface area contributed by atoms with Crippen LogP contribution in [0.2, 0.25) is 0 Å². The summed E-state index contributed by atoms with van der Waals surface area (Å²) < 4.78 is 5.58. The molecule has 4 nitrogen and oxygen atoms in total. The molecule has 19 heavy (non-hydrogen) atoms. The number of aryl methyl sites for hydroxylation is 1. The Hall–Kier alpha value is -2.36. The molecule has 0 saturated carbocycles. The van der Waals surface area contributed by atoms with Gasteiger partial charge in [-0.05, 0) is 19.1 Å². The third-order valence-corrected chi connectivity index (χ3v) is 2.85. The summed E-state index contributed by atoms with van der Waals surface area (Å²) in [7, 11) is 0. The monoisotopic (exact) mass is 257 g/mol. The van der Waals surface area contributed by atoms with Crippen molar-refractivity contribution in [2.75, 3.05) is 6.61 Å². The Kier molecular flexibility index (Phi) is 4.13. The molecule has 0 saturated heterocycles. The van der Waals surface area contributed by atoms with E-state index < -0.39 is 0 Å². The van der Waals surface area contributed by atoms with Crippen molar-refractivity contribution in [3.63, 3.8) is 0 Å². The van der Waals surface area contributed by atoms with Gasteiger partial charge < -0.3 is 4.74 Å². The van der Waals surface area contributed by atoms with Crippen molar-refractivity contribution in [1.82, 2.24) is 0 Å². The van der Waals surface area contributed by atoms with Gasteiger partial charge in [-0.3, -0.25) is 10.1 Å². The van der Waals surface area contributed by atoms with Gasteiger partial charge in [0.05, 0.1) is 11.5 Å². The van der Waals surface area contributed by atoms with E-state index in [4.69, 9.17) is 4.74 Å². The van der Waals surface area contributed by atoms with Gasteiger partial charge in [-0.15, -0.1) is 0 Å². The average molecular weight is 257 g/mol. The number of ether oxygens (including phenoxy) is 1. The maximum absolute atomic E-state index is 10.9. The van der Waals surface area contributed by atoms with E-state index >= 15 is 0 Å². The standard InChI is InChI=1S/C15H15NO3/c1-12-6-8-14(9-7-12)19-11-10-13-4-2-3-5-15(13)16(17)18/h2-9H,10-11H2,1H3.